The number of benzene rings is 1. The van der Waals surface area contributed by atoms with Gasteiger partial charge in [-0.15, -0.1) is 11.3 Å². The lowest BCUT2D eigenvalue weighted by molar-refractivity contribution is -0.385. The van der Waals surface area contributed by atoms with E-state index in [2.05, 4.69) is 25.0 Å². The summed E-state index contributed by atoms with van der Waals surface area (Å²) < 4.78 is 10.2. The molecule has 2 heterocycles. The van der Waals surface area contributed by atoms with Gasteiger partial charge in [0.15, 0.2) is 5.13 Å². The fourth-order valence-electron chi connectivity index (χ4n) is 2.21. The van der Waals surface area contributed by atoms with Gasteiger partial charge in [0.2, 0.25) is 5.82 Å². The molecular formula is C17H15N5O5S. The van der Waals surface area contributed by atoms with E-state index in [0.29, 0.717) is 10.7 Å². The number of esters is 1. The Morgan fingerprint density at radius 3 is 2.50 bits per heavy atom. The van der Waals surface area contributed by atoms with Gasteiger partial charge in [-0.3, -0.25) is 10.1 Å². The minimum Gasteiger partial charge on any atom is -0.465 e. The van der Waals surface area contributed by atoms with Crippen LogP contribution in [0, 0.1) is 24.0 Å². The maximum atomic E-state index is 11.6. The van der Waals surface area contributed by atoms with Crippen molar-refractivity contribution in [2.45, 2.75) is 13.8 Å². The molecule has 1 N–H and O–H groups in total. The standard InChI is InChI=1S/C17H15N5O5S/c1-9-10(2)28-17(20-9)21-14-13(22(24)25)15(19-8-18-14)27-12-6-4-11(5-7-12)16(23)26-3/h4-8H,1-3H3,(H,18,19,20,21). The Morgan fingerprint density at radius 2 is 1.93 bits per heavy atom. The number of rotatable bonds is 6. The van der Waals surface area contributed by atoms with Crippen LogP contribution in [0.15, 0.2) is 30.6 Å². The summed E-state index contributed by atoms with van der Waals surface area (Å²) in [5, 5.41) is 14.9. The SMILES string of the molecule is COC(=O)c1ccc(Oc2ncnc(Nc3nc(C)c(C)s3)c2[N+](=O)[O-])cc1. The molecule has 0 aliphatic heterocycles. The summed E-state index contributed by atoms with van der Waals surface area (Å²) >= 11 is 1.36. The quantitative estimate of drug-likeness (QED) is 0.372. The van der Waals surface area contributed by atoms with E-state index < -0.39 is 16.6 Å². The number of hydrogen-bond donors (Lipinski definition) is 1. The molecule has 28 heavy (non-hydrogen) atoms. The molecule has 10 nitrogen and oxygen atoms in total. The summed E-state index contributed by atoms with van der Waals surface area (Å²) in [5.74, 6) is -0.505. The summed E-state index contributed by atoms with van der Waals surface area (Å²) in [5.41, 5.74) is 0.723. The smallest absolute Gasteiger partial charge is 0.373 e. The van der Waals surface area contributed by atoms with Crippen LogP contribution in [0.4, 0.5) is 16.6 Å². The predicted octanol–water partition coefficient (Wildman–Crippen LogP) is 3.78. The van der Waals surface area contributed by atoms with Crippen molar-refractivity contribution >= 4 is 33.9 Å². The number of thiazole rings is 1. The number of nitrogens with zero attached hydrogens (tertiary/aromatic N) is 4. The first kappa shape index (κ1) is 19.2. The van der Waals surface area contributed by atoms with E-state index in [4.69, 9.17) is 4.74 Å². The number of hydrogen-bond acceptors (Lipinski definition) is 10. The van der Waals surface area contributed by atoms with E-state index in [-0.39, 0.29) is 17.4 Å². The Bertz CT molecular complexity index is 1020. The van der Waals surface area contributed by atoms with Crippen LogP contribution in [0.3, 0.4) is 0 Å². The van der Waals surface area contributed by atoms with Crippen LogP contribution < -0.4 is 10.1 Å². The largest absolute Gasteiger partial charge is 0.465 e. The molecule has 1 aromatic carbocycles. The van der Waals surface area contributed by atoms with Crippen molar-refractivity contribution in [1.82, 2.24) is 15.0 Å². The zero-order valence-corrected chi connectivity index (χ0v) is 15.9. The van der Waals surface area contributed by atoms with Crippen LogP contribution in [0.2, 0.25) is 0 Å². The number of nitro groups is 1. The third kappa shape index (κ3) is 4.04. The van der Waals surface area contributed by atoms with Crippen molar-refractivity contribution in [2.24, 2.45) is 0 Å². The molecule has 0 bridgehead atoms. The molecule has 0 atom stereocenters. The van der Waals surface area contributed by atoms with Gasteiger partial charge in [-0.2, -0.15) is 4.98 Å². The van der Waals surface area contributed by atoms with Crippen LogP contribution in [0.25, 0.3) is 0 Å². The van der Waals surface area contributed by atoms with Gasteiger partial charge in [-0.25, -0.2) is 14.8 Å². The number of anilines is 2. The van der Waals surface area contributed by atoms with Gasteiger partial charge in [-0.05, 0) is 38.1 Å². The third-order valence-corrected chi connectivity index (χ3v) is 4.70. The normalized spacial score (nSPS) is 10.4. The van der Waals surface area contributed by atoms with Crippen molar-refractivity contribution in [3.63, 3.8) is 0 Å². The van der Waals surface area contributed by atoms with Crippen LogP contribution in [0.5, 0.6) is 11.6 Å². The highest BCUT2D eigenvalue weighted by atomic mass is 32.1. The molecule has 3 rings (SSSR count). The molecule has 11 heteroatoms. The molecule has 0 unspecified atom stereocenters. The third-order valence-electron chi connectivity index (χ3n) is 3.72. The molecule has 0 radical (unpaired) electrons. The Labute approximate surface area is 163 Å². The molecule has 0 saturated carbocycles. The average Bonchev–Trinajstić information content (AvgIpc) is 2.98. The summed E-state index contributed by atoms with van der Waals surface area (Å²) in [6, 6.07) is 5.93. The second kappa shape index (κ2) is 7.96. The minimum atomic E-state index is -0.631. The summed E-state index contributed by atoms with van der Waals surface area (Å²) in [7, 11) is 1.27. The second-order valence-corrected chi connectivity index (χ2v) is 6.74. The van der Waals surface area contributed by atoms with E-state index >= 15 is 0 Å². The Balaban J connectivity index is 1.90. The molecule has 0 aliphatic carbocycles. The first-order valence-corrected chi connectivity index (χ1v) is 8.77. The molecule has 0 amide bonds. The Morgan fingerprint density at radius 1 is 1.21 bits per heavy atom. The first-order chi connectivity index (χ1) is 13.4. The average molecular weight is 401 g/mol. The Kier molecular flexibility index (Phi) is 5.45. The van der Waals surface area contributed by atoms with Gasteiger partial charge >= 0.3 is 17.5 Å². The number of aryl methyl sites for hydroxylation is 2. The number of methoxy groups -OCH3 is 1. The number of carbonyl (C=O) groups is 1. The van der Waals surface area contributed by atoms with Crippen LogP contribution in [-0.4, -0.2) is 33.0 Å². The highest BCUT2D eigenvalue weighted by molar-refractivity contribution is 7.15. The second-order valence-electron chi connectivity index (χ2n) is 5.54. The maximum Gasteiger partial charge on any atom is 0.373 e. The van der Waals surface area contributed by atoms with E-state index in [1.165, 1.54) is 42.7 Å². The van der Waals surface area contributed by atoms with Gasteiger partial charge in [0.1, 0.15) is 12.1 Å². The minimum absolute atomic E-state index is 0.0325. The fourth-order valence-corrected chi connectivity index (χ4v) is 3.02. The van der Waals surface area contributed by atoms with Gasteiger partial charge in [0.25, 0.3) is 0 Å². The summed E-state index contributed by atoms with van der Waals surface area (Å²) in [6.07, 6.45) is 1.15. The topological polar surface area (TPSA) is 129 Å². The van der Waals surface area contributed by atoms with Crippen molar-refractivity contribution in [3.05, 3.63) is 56.8 Å². The summed E-state index contributed by atoms with van der Waals surface area (Å²) in [6.45, 7) is 3.75. The van der Waals surface area contributed by atoms with Crippen LogP contribution in [-0.2, 0) is 4.74 Å². The maximum absolute atomic E-state index is 11.6. The van der Waals surface area contributed by atoms with Gasteiger partial charge in [-0.1, -0.05) is 0 Å². The monoisotopic (exact) mass is 401 g/mol. The molecule has 144 valence electrons. The van der Waals surface area contributed by atoms with Crippen molar-refractivity contribution < 1.29 is 19.2 Å². The number of nitrogens with one attached hydrogen (secondary N) is 1. The number of carbonyl (C=O) groups excluding carboxylic acids is 1. The zero-order valence-electron chi connectivity index (χ0n) is 15.1. The van der Waals surface area contributed by atoms with Crippen molar-refractivity contribution in [2.75, 3.05) is 12.4 Å². The lowest BCUT2D eigenvalue weighted by Crippen LogP contribution is -2.04. The van der Waals surface area contributed by atoms with Gasteiger partial charge < -0.3 is 14.8 Å². The predicted molar refractivity (Wildman–Crippen MR) is 101 cm³/mol. The van der Waals surface area contributed by atoms with E-state index in [0.717, 1.165) is 16.9 Å². The molecule has 0 fully saturated rings. The van der Waals surface area contributed by atoms with E-state index in [1.807, 2.05) is 13.8 Å². The molecular weight excluding hydrogens is 386 g/mol. The van der Waals surface area contributed by atoms with Crippen molar-refractivity contribution in [3.8, 4) is 11.6 Å². The molecule has 2 aromatic heterocycles. The molecule has 0 spiro atoms. The highest BCUT2D eigenvalue weighted by Gasteiger charge is 2.26. The van der Waals surface area contributed by atoms with Gasteiger partial charge in [0.05, 0.1) is 23.3 Å². The zero-order chi connectivity index (χ0) is 20.3. The van der Waals surface area contributed by atoms with Crippen LogP contribution in [0.1, 0.15) is 20.9 Å². The lowest BCUT2D eigenvalue weighted by Gasteiger charge is -2.08. The molecule has 0 saturated heterocycles. The Hall–Kier alpha value is -3.60. The molecule has 0 aliphatic rings. The number of ether oxygens (including phenoxy) is 2. The fraction of sp³-hybridized carbons (Fsp3) is 0.176. The highest BCUT2D eigenvalue weighted by Crippen LogP contribution is 2.36. The van der Waals surface area contributed by atoms with E-state index in [9.17, 15) is 14.9 Å². The van der Waals surface area contributed by atoms with E-state index in [1.54, 1.807) is 0 Å². The lowest BCUT2D eigenvalue weighted by atomic mass is 10.2. The first-order valence-electron chi connectivity index (χ1n) is 7.95. The molecule has 3 aromatic rings. The van der Waals surface area contributed by atoms with Crippen molar-refractivity contribution in [1.29, 1.82) is 0 Å². The van der Waals surface area contributed by atoms with Crippen LogP contribution >= 0.6 is 11.3 Å². The summed E-state index contributed by atoms with van der Waals surface area (Å²) in [4.78, 5) is 35.6. The number of aromatic nitrogens is 3. The van der Waals surface area contributed by atoms with Gasteiger partial charge in [0, 0.05) is 4.88 Å².